The van der Waals surface area contributed by atoms with Crippen LogP contribution in [0.5, 0.6) is 0 Å². The fraction of sp³-hybridized carbons (Fsp3) is 0.385. The molecule has 5 heteroatoms. The van der Waals surface area contributed by atoms with Gasteiger partial charge in [0.25, 0.3) is 0 Å². The Morgan fingerprint density at radius 1 is 1.39 bits per heavy atom. The summed E-state index contributed by atoms with van der Waals surface area (Å²) >= 11 is 0. The molecule has 2 heterocycles. The first-order chi connectivity index (χ1) is 8.72. The lowest BCUT2D eigenvalue weighted by Gasteiger charge is -2.18. The van der Waals surface area contributed by atoms with Gasteiger partial charge in [-0.25, -0.2) is 9.97 Å². The summed E-state index contributed by atoms with van der Waals surface area (Å²) in [6, 6.07) is 3.90. The molecule has 0 atom stereocenters. The van der Waals surface area contributed by atoms with E-state index in [1.54, 1.807) is 12.5 Å². The molecule has 18 heavy (non-hydrogen) atoms. The van der Waals surface area contributed by atoms with Gasteiger partial charge in [-0.05, 0) is 6.07 Å². The van der Waals surface area contributed by atoms with E-state index in [4.69, 9.17) is 4.42 Å². The molecule has 0 aromatic carbocycles. The third-order valence-electron chi connectivity index (χ3n) is 2.72. The van der Waals surface area contributed by atoms with Crippen LogP contribution in [0, 0.1) is 0 Å². The minimum absolute atomic E-state index is 0.764. The van der Waals surface area contributed by atoms with Crippen molar-refractivity contribution in [2.24, 2.45) is 0 Å². The highest BCUT2D eigenvalue weighted by atomic mass is 16.3. The lowest BCUT2D eigenvalue weighted by atomic mass is 10.3. The van der Waals surface area contributed by atoms with Gasteiger partial charge in [-0.2, -0.15) is 0 Å². The third kappa shape index (κ3) is 2.80. The van der Waals surface area contributed by atoms with Crippen LogP contribution in [0.25, 0.3) is 0 Å². The number of nitrogens with one attached hydrogen (secondary N) is 1. The largest absolute Gasteiger partial charge is 0.472 e. The molecule has 0 aliphatic carbocycles. The number of hydrogen-bond donors (Lipinski definition) is 1. The van der Waals surface area contributed by atoms with Gasteiger partial charge in [-0.3, -0.25) is 0 Å². The maximum Gasteiger partial charge on any atom is 0.134 e. The molecular weight excluding hydrogens is 228 g/mol. The lowest BCUT2D eigenvalue weighted by molar-refractivity contribution is 0.563. The molecule has 0 spiro atoms. The van der Waals surface area contributed by atoms with Crippen molar-refractivity contribution in [1.29, 1.82) is 0 Å². The Morgan fingerprint density at radius 3 is 2.83 bits per heavy atom. The zero-order valence-corrected chi connectivity index (χ0v) is 11.0. The van der Waals surface area contributed by atoms with E-state index in [1.807, 2.05) is 26.2 Å². The van der Waals surface area contributed by atoms with Crippen LogP contribution in [0.15, 0.2) is 29.1 Å². The van der Waals surface area contributed by atoms with Crippen LogP contribution in [-0.4, -0.2) is 24.1 Å². The summed E-state index contributed by atoms with van der Waals surface area (Å²) in [5, 5.41) is 3.06. The molecule has 5 nitrogen and oxygen atoms in total. The first kappa shape index (κ1) is 12.4. The van der Waals surface area contributed by atoms with E-state index in [1.165, 1.54) is 0 Å². The fourth-order valence-electron chi connectivity index (χ4n) is 1.70. The van der Waals surface area contributed by atoms with Crippen LogP contribution in [-0.2, 0) is 13.0 Å². The molecule has 0 amide bonds. The van der Waals surface area contributed by atoms with Crippen LogP contribution >= 0.6 is 0 Å². The van der Waals surface area contributed by atoms with E-state index < -0.39 is 0 Å². The van der Waals surface area contributed by atoms with E-state index in [0.29, 0.717) is 0 Å². The van der Waals surface area contributed by atoms with Gasteiger partial charge in [0.05, 0.1) is 12.5 Å². The third-order valence-corrected chi connectivity index (χ3v) is 2.72. The monoisotopic (exact) mass is 246 g/mol. The molecule has 0 radical (unpaired) electrons. The molecule has 0 aliphatic rings. The number of hydrogen-bond acceptors (Lipinski definition) is 5. The van der Waals surface area contributed by atoms with Crippen LogP contribution in [0.2, 0.25) is 0 Å². The highest BCUT2D eigenvalue weighted by Crippen LogP contribution is 2.17. The smallest absolute Gasteiger partial charge is 0.134 e. The van der Waals surface area contributed by atoms with Gasteiger partial charge in [0.2, 0.25) is 0 Å². The molecule has 0 unspecified atom stereocenters. The second-order valence-electron chi connectivity index (χ2n) is 4.12. The van der Waals surface area contributed by atoms with Crippen molar-refractivity contribution < 1.29 is 4.42 Å². The van der Waals surface area contributed by atoms with E-state index in [0.717, 1.165) is 36.0 Å². The molecule has 0 bridgehead atoms. The number of nitrogens with zero attached hydrogens (tertiary/aromatic N) is 3. The van der Waals surface area contributed by atoms with Crippen LogP contribution in [0.1, 0.15) is 18.3 Å². The predicted octanol–water partition coefficient (Wildman–Crippen LogP) is 2.31. The van der Waals surface area contributed by atoms with E-state index in [2.05, 4.69) is 27.1 Å². The van der Waals surface area contributed by atoms with Crippen molar-refractivity contribution >= 4 is 11.6 Å². The summed E-state index contributed by atoms with van der Waals surface area (Å²) in [5.74, 6) is 2.60. The standard InChI is InChI=1S/C13H18N4O/c1-4-11-15-12(14-2)7-13(16-11)17(3)8-10-5-6-18-9-10/h5-7,9H,4,8H2,1-3H3,(H,14,15,16). The summed E-state index contributed by atoms with van der Waals surface area (Å²) in [4.78, 5) is 11.0. The highest BCUT2D eigenvalue weighted by molar-refractivity contribution is 5.49. The number of aryl methyl sites for hydroxylation is 1. The molecule has 0 fully saturated rings. The van der Waals surface area contributed by atoms with Crippen LogP contribution < -0.4 is 10.2 Å². The number of furan rings is 1. The predicted molar refractivity (Wildman–Crippen MR) is 71.8 cm³/mol. The topological polar surface area (TPSA) is 54.2 Å². The lowest BCUT2D eigenvalue weighted by Crippen LogP contribution is -2.18. The summed E-state index contributed by atoms with van der Waals surface area (Å²) < 4.78 is 5.07. The maximum absolute atomic E-state index is 5.07. The molecule has 2 aromatic rings. The quantitative estimate of drug-likeness (QED) is 0.877. The van der Waals surface area contributed by atoms with Crippen LogP contribution in [0.3, 0.4) is 0 Å². The van der Waals surface area contributed by atoms with Gasteiger partial charge in [-0.15, -0.1) is 0 Å². The zero-order valence-electron chi connectivity index (χ0n) is 11.0. The van der Waals surface area contributed by atoms with Gasteiger partial charge >= 0.3 is 0 Å². The second-order valence-corrected chi connectivity index (χ2v) is 4.12. The zero-order chi connectivity index (χ0) is 13.0. The minimum Gasteiger partial charge on any atom is -0.472 e. The number of aromatic nitrogens is 2. The second kappa shape index (κ2) is 5.53. The van der Waals surface area contributed by atoms with Gasteiger partial charge in [0.15, 0.2) is 0 Å². The van der Waals surface area contributed by atoms with Crippen LogP contribution in [0.4, 0.5) is 11.6 Å². The summed E-state index contributed by atoms with van der Waals surface area (Å²) in [7, 11) is 3.87. The summed E-state index contributed by atoms with van der Waals surface area (Å²) in [6.45, 7) is 2.81. The Morgan fingerprint density at radius 2 is 2.22 bits per heavy atom. The molecule has 2 aromatic heterocycles. The Hall–Kier alpha value is -2.04. The minimum atomic E-state index is 0.764. The average Bonchev–Trinajstić information content (AvgIpc) is 2.90. The summed E-state index contributed by atoms with van der Waals surface area (Å²) in [6.07, 6.45) is 4.25. The van der Waals surface area contributed by atoms with Gasteiger partial charge in [0.1, 0.15) is 17.5 Å². The van der Waals surface area contributed by atoms with Crippen molar-refractivity contribution in [1.82, 2.24) is 9.97 Å². The number of rotatable bonds is 5. The Bertz CT molecular complexity index is 473. The van der Waals surface area contributed by atoms with Crippen molar-refractivity contribution in [3.63, 3.8) is 0 Å². The molecule has 1 N–H and O–H groups in total. The van der Waals surface area contributed by atoms with Crippen molar-refractivity contribution in [2.45, 2.75) is 19.9 Å². The molecule has 0 saturated heterocycles. The SMILES string of the molecule is CCc1nc(NC)cc(N(C)Cc2ccoc2)n1. The Labute approximate surface area is 107 Å². The molecular formula is C13H18N4O. The van der Waals surface area contributed by atoms with E-state index >= 15 is 0 Å². The van der Waals surface area contributed by atoms with Crippen molar-refractivity contribution in [3.8, 4) is 0 Å². The van der Waals surface area contributed by atoms with E-state index in [-0.39, 0.29) is 0 Å². The molecule has 96 valence electrons. The first-order valence-corrected chi connectivity index (χ1v) is 6.01. The maximum atomic E-state index is 5.07. The molecule has 0 aliphatic heterocycles. The van der Waals surface area contributed by atoms with Gasteiger partial charge in [-0.1, -0.05) is 6.92 Å². The first-order valence-electron chi connectivity index (χ1n) is 6.01. The Kier molecular flexibility index (Phi) is 3.82. The molecule has 2 rings (SSSR count). The normalized spacial score (nSPS) is 10.4. The van der Waals surface area contributed by atoms with Crippen molar-refractivity contribution in [3.05, 3.63) is 36.0 Å². The summed E-state index contributed by atoms with van der Waals surface area (Å²) in [5.41, 5.74) is 1.13. The van der Waals surface area contributed by atoms with Crippen molar-refractivity contribution in [2.75, 3.05) is 24.3 Å². The molecule has 0 saturated carbocycles. The Balaban J connectivity index is 2.20. The number of anilines is 2. The average molecular weight is 246 g/mol. The van der Waals surface area contributed by atoms with Gasteiger partial charge in [0, 0.05) is 38.7 Å². The highest BCUT2D eigenvalue weighted by Gasteiger charge is 2.08. The van der Waals surface area contributed by atoms with E-state index in [9.17, 15) is 0 Å². The fourth-order valence-corrected chi connectivity index (χ4v) is 1.70. The van der Waals surface area contributed by atoms with Gasteiger partial charge < -0.3 is 14.6 Å².